The van der Waals surface area contributed by atoms with Crippen LogP contribution in [-0.4, -0.2) is 22.4 Å². The molecule has 8 heteroatoms. The summed E-state index contributed by atoms with van der Waals surface area (Å²) in [6.45, 7) is 2.58. The number of benzene rings is 1. The Morgan fingerprint density at radius 2 is 1.92 bits per heavy atom. The second-order valence-corrected chi connectivity index (χ2v) is 5.40. The summed E-state index contributed by atoms with van der Waals surface area (Å²) in [5.74, 6) is -0.455. The summed E-state index contributed by atoms with van der Waals surface area (Å²) in [6, 6.07) is 6.43. The van der Waals surface area contributed by atoms with Crippen LogP contribution in [0, 0.1) is 0 Å². The highest BCUT2D eigenvalue weighted by Crippen LogP contribution is 2.35. The molecule has 5 nitrogen and oxygen atoms in total. The van der Waals surface area contributed by atoms with Crippen LogP contribution >= 0.6 is 0 Å². The van der Waals surface area contributed by atoms with Crippen molar-refractivity contribution in [1.82, 2.24) is 15.3 Å². The van der Waals surface area contributed by atoms with Gasteiger partial charge in [0.2, 0.25) is 5.95 Å². The van der Waals surface area contributed by atoms with Gasteiger partial charge >= 0.3 is 6.18 Å². The first-order chi connectivity index (χ1) is 11.9. The number of anilines is 2. The van der Waals surface area contributed by atoms with Gasteiger partial charge < -0.3 is 10.6 Å². The van der Waals surface area contributed by atoms with Crippen molar-refractivity contribution in [2.24, 2.45) is 0 Å². The molecule has 0 saturated heterocycles. The average molecular weight is 352 g/mol. The highest BCUT2D eigenvalue weighted by atomic mass is 19.4. The number of nitrogens with one attached hydrogen (secondary N) is 2. The molecule has 2 N–H and O–H groups in total. The lowest BCUT2D eigenvalue weighted by Crippen LogP contribution is -2.25. The maximum Gasteiger partial charge on any atom is 0.418 e. The molecule has 2 rings (SSSR count). The SMILES string of the molecule is CCCCCNC(=O)c1ccnc(Nc2ccccc2C(F)(F)F)n1. The molecule has 1 heterocycles. The number of carbonyl (C=O) groups excluding carboxylic acids is 1. The van der Waals surface area contributed by atoms with Crippen LogP contribution in [-0.2, 0) is 6.18 Å². The van der Waals surface area contributed by atoms with E-state index in [1.165, 1.54) is 30.5 Å². The summed E-state index contributed by atoms with van der Waals surface area (Å²) in [5.41, 5.74) is -0.901. The monoisotopic (exact) mass is 352 g/mol. The van der Waals surface area contributed by atoms with E-state index in [2.05, 4.69) is 27.5 Å². The smallest absolute Gasteiger partial charge is 0.351 e. The van der Waals surface area contributed by atoms with E-state index in [-0.39, 0.29) is 23.2 Å². The number of rotatable bonds is 7. The first-order valence-electron chi connectivity index (χ1n) is 7.96. The van der Waals surface area contributed by atoms with E-state index in [0.717, 1.165) is 25.3 Å². The molecule has 1 aromatic heterocycles. The number of alkyl halides is 3. The Balaban J connectivity index is 2.11. The van der Waals surface area contributed by atoms with E-state index in [1.54, 1.807) is 0 Å². The Morgan fingerprint density at radius 3 is 2.64 bits per heavy atom. The number of unbranched alkanes of at least 4 members (excludes halogenated alkanes) is 2. The van der Waals surface area contributed by atoms with Gasteiger partial charge in [0.05, 0.1) is 11.3 Å². The number of hydrogen-bond acceptors (Lipinski definition) is 4. The fourth-order valence-corrected chi connectivity index (χ4v) is 2.17. The minimum absolute atomic E-state index is 0.0714. The topological polar surface area (TPSA) is 66.9 Å². The van der Waals surface area contributed by atoms with Crippen molar-refractivity contribution < 1.29 is 18.0 Å². The third-order valence-corrected chi connectivity index (χ3v) is 3.43. The lowest BCUT2D eigenvalue weighted by Gasteiger charge is -2.13. The number of hydrogen-bond donors (Lipinski definition) is 2. The van der Waals surface area contributed by atoms with Crippen molar-refractivity contribution >= 4 is 17.5 Å². The van der Waals surface area contributed by atoms with Gasteiger partial charge in [-0.05, 0) is 24.6 Å². The minimum Gasteiger partial charge on any atom is -0.351 e. The van der Waals surface area contributed by atoms with Crippen LogP contribution in [0.1, 0.15) is 42.2 Å². The number of nitrogens with zero attached hydrogens (tertiary/aromatic N) is 2. The van der Waals surface area contributed by atoms with Gasteiger partial charge in [0.1, 0.15) is 5.69 Å². The summed E-state index contributed by atoms with van der Waals surface area (Å²) in [7, 11) is 0. The fourth-order valence-electron chi connectivity index (χ4n) is 2.17. The van der Waals surface area contributed by atoms with Crippen LogP contribution in [0.15, 0.2) is 36.5 Å². The first-order valence-corrected chi connectivity index (χ1v) is 7.96. The molecule has 1 aromatic carbocycles. The molecule has 0 atom stereocenters. The van der Waals surface area contributed by atoms with Crippen LogP contribution in [0.2, 0.25) is 0 Å². The normalized spacial score (nSPS) is 11.2. The second-order valence-electron chi connectivity index (χ2n) is 5.40. The first kappa shape index (κ1) is 18.7. The Hall–Kier alpha value is -2.64. The van der Waals surface area contributed by atoms with Gasteiger partial charge in [-0.15, -0.1) is 0 Å². The highest BCUT2D eigenvalue weighted by Gasteiger charge is 2.33. The van der Waals surface area contributed by atoms with Gasteiger partial charge in [-0.2, -0.15) is 13.2 Å². The molecule has 0 radical (unpaired) electrons. The fraction of sp³-hybridized carbons (Fsp3) is 0.353. The Labute approximate surface area is 143 Å². The van der Waals surface area contributed by atoms with Crippen LogP contribution in [0.5, 0.6) is 0 Å². The van der Waals surface area contributed by atoms with Crippen LogP contribution in [0.25, 0.3) is 0 Å². The quantitative estimate of drug-likeness (QED) is 0.735. The van der Waals surface area contributed by atoms with Crippen molar-refractivity contribution in [2.75, 3.05) is 11.9 Å². The third kappa shape index (κ3) is 5.44. The predicted molar refractivity (Wildman–Crippen MR) is 88.6 cm³/mol. The lowest BCUT2D eigenvalue weighted by molar-refractivity contribution is -0.136. The zero-order chi connectivity index (χ0) is 18.3. The molecule has 0 aliphatic rings. The summed E-state index contributed by atoms with van der Waals surface area (Å²) in [5, 5.41) is 5.25. The average Bonchev–Trinajstić information content (AvgIpc) is 2.58. The molecule has 0 aliphatic carbocycles. The van der Waals surface area contributed by atoms with E-state index in [1.807, 2.05) is 0 Å². The number of amides is 1. The van der Waals surface area contributed by atoms with Gasteiger partial charge in [-0.3, -0.25) is 4.79 Å². The summed E-state index contributed by atoms with van der Waals surface area (Å²) >= 11 is 0. The van der Waals surface area contributed by atoms with E-state index < -0.39 is 11.7 Å². The molecule has 0 aliphatic heterocycles. The minimum atomic E-state index is -4.50. The Bertz CT molecular complexity index is 719. The summed E-state index contributed by atoms with van der Waals surface area (Å²) in [6.07, 6.45) is -0.275. The van der Waals surface area contributed by atoms with Gasteiger partial charge in [-0.1, -0.05) is 31.9 Å². The Kier molecular flexibility index (Phi) is 6.32. The molecule has 2 aromatic rings. The van der Waals surface area contributed by atoms with Gasteiger partial charge in [0.25, 0.3) is 5.91 Å². The molecule has 134 valence electrons. The maximum atomic E-state index is 13.0. The van der Waals surface area contributed by atoms with Crippen molar-refractivity contribution in [1.29, 1.82) is 0 Å². The van der Waals surface area contributed by atoms with Gasteiger partial charge in [0, 0.05) is 12.7 Å². The summed E-state index contributed by atoms with van der Waals surface area (Å²) < 4.78 is 39.0. The van der Waals surface area contributed by atoms with Crippen molar-refractivity contribution in [3.05, 3.63) is 47.8 Å². The highest BCUT2D eigenvalue weighted by molar-refractivity contribution is 5.92. The molecule has 0 fully saturated rings. The van der Waals surface area contributed by atoms with Crippen LogP contribution in [0.4, 0.5) is 24.8 Å². The van der Waals surface area contributed by atoms with Crippen molar-refractivity contribution in [3.8, 4) is 0 Å². The van der Waals surface area contributed by atoms with Crippen molar-refractivity contribution in [3.63, 3.8) is 0 Å². The number of para-hydroxylation sites is 1. The van der Waals surface area contributed by atoms with E-state index in [4.69, 9.17) is 0 Å². The molecule has 25 heavy (non-hydrogen) atoms. The maximum absolute atomic E-state index is 13.0. The lowest BCUT2D eigenvalue weighted by atomic mass is 10.1. The van der Waals surface area contributed by atoms with Gasteiger partial charge in [-0.25, -0.2) is 9.97 Å². The van der Waals surface area contributed by atoms with Crippen molar-refractivity contribution in [2.45, 2.75) is 32.4 Å². The molecule has 0 saturated carbocycles. The van der Waals surface area contributed by atoms with E-state index in [0.29, 0.717) is 6.54 Å². The number of halogens is 3. The zero-order valence-electron chi connectivity index (χ0n) is 13.7. The van der Waals surface area contributed by atoms with E-state index >= 15 is 0 Å². The molecule has 0 spiro atoms. The second kappa shape index (κ2) is 8.46. The number of aromatic nitrogens is 2. The van der Waals surface area contributed by atoms with Crippen LogP contribution in [0.3, 0.4) is 0 Å². The molecule has 0 bridgehead atoms. The largest absolute Gasteiger partial charge is 0.418 e. The zero-order valence-corrected chi connectivity index (χ0v) is 13.7. The molecule has 0 unspecified atom stereocenters. The standard InChI is InChI=1S/C17H19F3N4O/c1-2-3-6-10-21-15(25)14-9-11-22-16(24-14)23-13-8-5-4-7-12(13)17(18,19)20/h4-5,7-9,11H,2-3,6,10H2,1H3,(H,21,25)(H,22,23,24). The number of carbonyl (C=O) groups is 1. The molecular formula is C17H19F3N4O. The predicted octanol–water partition coefficient (Wildman–Crippen LogP) is 4.16. The molecular weight excluding hydrogens is 333 g/mol. The van der Waals surface area contributed by atoms with Crippen LogP contribution < -0.4 is 10.6 Å². The molecule has 1 amide bonds. The van der Waals surface area contributed by atoms with E-state index in [9.17, 15) is 18.0 Å². The third-order valence-electron chi connectivity index (χ3n) is 3.43. The Morgan fingerprint density at radius 1 is 1.16 bits per heavy atom. The van der Waals surface area contributed by atoms with Gasteiger partial charge in [0.15, 0.2) is 0 Å². The summed E-state index contributed by atoms with van der Waals surface area (Å²) in [4.78, 5) is 19.9.